The van der Waals surface area contributed by atoms with Crippen LogP contribution in [0.3, 0.4) is 0 Å². The van der Waals surface area contributed by atoms with Crippen molar-refractivity contribution in [3.8, 4) is 0 Å². The molecule has 5 heteroatoms. The summed E-state index contributed by atoms with van der Waals surface area (Å²) < 4.78 is 39.7. The number of benzene rings is 1. The molecule has 1 heterocycles. The molecule has 0 amide bonds. The Morgan fingerprint density at radius 1 is 1.10 bits per heavy atom. The van der Waals surface area contributed by atoms with Crippen LogP contribution in [-0.2, 0) is 19.1 Å². The van der Waals surface area contributed by atoms with Crippen LogP contribution in [0.15, 0.2) is 18.2 Å². The van der Waals surface area contributed by atoms with Crippen LogP contribution in [0, 0.1) is 0 Å². The van der Waals surface area contributed by atoms with Crippen molar-refractivity contribution >= 4 is 0 Å². The van der Waals surface area contributed by atoms with E-state index < -0.39 is 11.7 Å². The van der Waals surface area contributed by atoms with Gasteiger partial charge in [0, 0.05) is 19.6 Å². The minimum atomic E-state index is -4.27. The first-order chi connectivity index (χ1) is 9.90. The summed E-state index contributed by atoms with van der Waals surface area (Å²) in [6.45, 7) is 5.86. The molecule has 0 radical (unpaired) electrons. The first kappa shape index (κ1) is 16.3. The lowest BCUT2D eigenvalue weighted by atomic mass is 10.0. The highest BCUT2D eigenvalue weighted by Gasteiger charge is 2.33. The van der Waals surface area contributed by atoms with Gasteiger partial charge in [0.1, 0.15) is 0 Å². The molecule has 2 rings (SSSR count). The van der Waals surface area contributed by atoms with Gasteiger partial charge in [-0.1, -0.05) is 19.1 Å². The Morgan fingerprint density at radius 3 is 2.52 bits per heavy atom. The van der Waals surface area contributed by atoms with E-state index in [9.17, 15) is 13.2 Å². The standard InChI is InChI=1S/C16H23F3N2/c1-3-13-5-6-14(15(11-13)16(17,18)19)12-21-8-4-7-20(2)9-10-21/h5-6,11H,3-4,7-10,12H2,1-2H3. The van der Waals surface area contributed by atoms with Crippen molar-refractivity contribution < 1.29 is 13.2 Å². The third-order valence-electron chi connectivity index (χ3n) is 4.09. The minimum Gasteiger partial charge on any atom is -0.305 e. The molecule has 1 aromatic carbocycles. The highest BCUT2D eigenvalue weighted by Crippen LogP contribution is 2.33. The van der Waals surface area contributed by atoms with Gasteiger partial charge in [-0.25, -0.2) is 0 Å². The summed E-state index contributed by atoms with van der Waals surface area (Å²) in [5, 5.41) is 0. The Labute approximate surface area is 124 Å². The van der Waals surface area contributed by atoms with Gasteiger partial charge in [-0.3, -0.25) is 4.90 Å². The van der Waals surface area contributed by atoms with Crippen LogP contribution in [0.4, 0.5) is 13.2 Å². The second-order valence-corrected chi connectivity index (χ2v) is 5.78. The van der Waals surface area contributed by atoms with E-state index in [1.54, 1.807) is 6.07 Å². The third-order valence-corrected chi connectivity index (χ3v) is 4.09. The van der Waals surface area contributed by atoms with Crippen LogP contribution in [0.2, 0.25) is 0 Å². The molecule has 2 nitrogen and oxygen atoms in total. The minimum absolute atomic E-state index is 0.382. The first-order valence-corrected chi connectivity index (χ1v) is 7.50. The number of nitrogens with zero attached hydrogens (tertiary/aromatic N) is 2. The smallest absolute Gasteiger partial charge is 0.305 e. The summed E-state index contributed by atoms with van der Waals surface area (Å²) in [4.78, 5) is 4.35. The highest BCUT2D eigenvalue weighted by molar-refractivity contribution is 5.34. The molecule has 0 aliphatic carbocycles. The van der Waals surface area contributed by atoms with E-state index in [1.807, 2.05) is 13.0 Å². The van der Waals surface area contributed by atoms with Crippen molar-refractivity contribution in [3.63, 3.8) is 0 Å². The molecule has 0 saturated carbocycles. The maximum absolute atomic E-state index is 13.2. The fourth-order valence-electron chi connectivity index (χ4n) is 2.74. The Bertz CT molecular complexity index is 471. The number of alkyl halides is 3. The molecule has 1 aliphatic rings. The lowest BCUT2D eigenvalue weighted by Crippen LogP contribution is -2.29. The molecule has 118 valence electrons. The number of hydrogen-bond donors (Lipinski definition) is 0. The lowest BCUT2D eigenvalue weighted by molar-refractivity contribution is -0.138. The van der Waals surface area contributed by atoms with Gasteiger partial charge in [0.2, 0.25) is 0 Å². The second-order valence-electron chi connectivity index (χ2n) is 5.78. The molecule has 1 aromatic rings. The van der Waals surface area contributed by atoms with Crippen molar-refractivity contribution in [3.05, 3.63) is 34.9 Å². The lowest BCUT2D eigenvalue weighted by Gasteiger charge is -2.23. The first-order valence-electron chi connectivity index (χ1n) is 7.50. The number of likely N-dealkylation sites (N-methyl/N-ethyl adjacent to an activating group) is 1. The summed E-state index contributed by atoms with van der Waals surface area (Å²) in [5.41, 5.74) is 0.658. The van der Waals surface area contributed by atoms with E-state index in [2.05, 4.69) is 16.8 Å². The van der Waals surface area contributed by atoms with Crippen molar-refractivity contribution in [2.45, 2.75) is 32.5 Å². The fourth-order valence-corrected chi connectivity index (χ4v) is 2.74. The van der Waals surface area contributed by atoms with Crippen LogP contribution < -0.4 is 0 Å². The number of halogens is 3. The van der Waals surface area contributed by atoms with Gasteiger partial charge < -0.3 is 4.90 Å². The largest absolute Gasteiger partial charge is 0.416 e. The Kier molecular flexibility index (Phi) is 5.27. The van der Waals surface area contributed by atoms with E-state index >= 15 is 0 Å². The van der Waals surface area contributed by atoms with Gasteiger partial charge >= 0.3 is 6.18 Å². The second kappa shape index (κ2) is 6.79. The summed E-state index contributed by atoms with van der Waals surface area (Å²) in [7, 11) is 2.06. The Hall–Kier alpha value is -1.07. The monoisotopic (exact) mass is 300 g/mol. The fraction of sp³-hybridized carbons (Fsp3) is 0.625. The van der Waals surface area contributed by atoms with Crippen LogP contribution in [0.1, 0.15) is 30.0 Å². The van der Waals surface area contributed by atoms with E-state index in [-0.39, 0.29) is 0 Å². The predicted octanol–water partition coefficient (Wildman–Crippen LogP) is 3.41. The van der Waals surface area contributed by atoms with Gasteiger partial charge in [-0.15, -0.1) is 0 Å². The van der Waals surface area contributed by atoms with Crippen molar-refractivity contribution in [1.82, 2.24) is 9.80 Å². The van der Waals surface area contributed by atoms with E-state index in [0.717, 1.165) is 38.2 Å². The zero-order valence-electron chi connectivity index (χ0n) is 12.7. The topological polar surface area (TPSA) is 6.48 Å². The molecular weight excluding hydrogens is 277 g/mol. The average Bonchev–Trinajstić information content (AvgIpc) is 2.63. The molecule has 1 saturated heterocycles. The predicted molar refractivity (Wildman–Crippen MR) is 78.2 cm³/mol. The van der Waals surface area contributed by atoms with E-state index in [4.69, 9.17) is 0 Å². The SMILES string of the molecule is CCc1ccc(CN2CCCN(C)CC2)c(C(F)(F)F)c1. The average molecular weight is 300 g/mol. The van der Waals surface area contributed by atoms with Gasteiger partial charge in [0.05, 0.1) is 5.56 Å². The van der Waals surface area contributed by atoms with Gasteiger partial charge in [-0.05, 0) is 50.2 Å². The highest BCUT2D eigenvalue weighted by atomic mass is 19.4. The normalized spacial score (nSPS) is 18.7. The summed E-state index contributed by atoms with van der Waals surface area (Å²) in [6, 6.07) is 4.77. The van der Waals surface area contributed by atoms with Crippen LogP contribution in [-0.4, -0.2) is 43.0 Å². The maximum Gasteiger partial charge on any atom is 0.416 e. The zero-order valence-corrected chi connectivity index (χ0v) is 12.7. The molecular formula is C16H23F3N2. The molecule has 0 bridgehead atoms. The van der Waals surface area contributed by atoms with E-state index in [1.165, 1.54) is 6.07 Å². The van der Waals surface area contributed by atoms with Gasteiger partial charge in [0.25, 0.3) is 0 Å². The Morgan fingerprint density at radius 2 is 1.86 bits per heavy atom. The number of rotatable bonds is 3. The summed E-state index contributed by atoms with van der Waals surface area (Å²) in [6.07, 6.45) is -2.65. The summed E-state index contributed by atoms with van der Waals surface area (Å²) >= 11 is 0. The molecule has 0 unspecified atom stereocenters. The maximum atomic E-state index is 13.2. The molecule has 1 aliphatic heterocycles. The van der Waals surface area contributed by atoms with Crippen LogP contribution in [0.5, 0.6) is 0 Å². The summed E-state index contributed by atoms with van der Waals surface area (Å²) in [5.74, 6) is 0. The number of hydrogen-bond acceptors (Lipinski definition) is 2. The quantitative estimate of drug-likeness (QED) is 0.844. The molecule has 0 atom stereocenters. The Balaban J connectivity index is 2.18. The van der Waals surface area contributed by atoms with E-state index in [0.29, 0.717) is 18.5 Å². The number of aryl methyl sites for hydroxylation is 1. The van der Waals surface area contributed by atoms with Crippen molar-refractivity contribution in [1.29, 1.82) is 0 Å². The molecule has 0 aromatic heterocycles. The van der Waals surface area contributed by atoms with Crippen molar-refractivity contribution in [2.24, 2.45) is 0 Å². The van der Waals surface area contributed by atoms with Crippen molar-refractivity contribution in [2.75, 3.05) is 33.2 Å². The third kappa shape index (κ3) is 4.45. The molecule has 0 N–H and O–H groups in total. The molecule has 21 heavy (non-hydrogen) atoms. The molecule has 0 spiro atoms. The van der Waals surface area contributed by atoms with Gasteiger partial charge in [-0.2, -0.15) is 13.2 Å². The van der Waals surface area contributed by atoms with Crippen LogP contribution in [0.25, 0.3) is 0 Å². The molecule has 1 fully saturated rings. The zero-order chi connectivity index (χ0) is 15.5. The van der Waals surface area contributed by atoms with Gasteiger partial charge in [0.15, 0.2) is 0 Å². The van der Waals surface area contributed by atoms with Crippen LogP contribution >= 0.6 is 0 Å².